The lowest BCUT2D eigenvalue weighted by Crippen LogP contribution is -2.55. The Morgan fingerprint density at radius 1 is 0.756 bits per heavy atom. The van der Waals surface area contributed by atoms with E-state index in [4.69, 9.17) is 5.73 Å². The van der Waals surface area contributed by atoms with E-state index in [-0.39, 0.29) is 25.0 Å². The fourth-order valence-corrected chi connectivity index (χ4v) is 5.20. The van der Waals surface area contributed by atoms with Crippen molar-refractivity contribution in [1.29, 1.82) is 0 Å². The smallest absolute Gasteiger partial charge is 0.286 e. The van der Waals surface area contributed by atoms with Crippen molar-refractivity contribution in [2.75, 3.05) is 6.54 Å². The second kappa shape index (κ2) is 18.7. The molecular formula is C31H45N5O8S. The van der Waals surface area contributed by atoms with Gasteiger partial charge in [0.25, 0.3) is 10.1 Å². The summed E-state index contributed by atoms with van der Waals surface area (Å²) in [5, 5.41) is 17.9. The predicted molar refractivity (Wildman–Crippen MR) is 169 cm³/mol. The van der Waals surface area contributed by atoms with Crippen LogP contribution in [0.3, 0.4) is 0 Å². The SMILES string of the molecule is CCCCC(NC(=O)[C@H](Cc1ccccc1)NC(=O)CNC(=O)[C@H](CCCC)NC(=O)[C@@H](N)Cc1ccc(O)cc1)S(=O)(=O)O. The van der Waals surface area contributed by atoms with Crippen LogP contribution in [0.2, 0.25) is 0 Å². The van der Waals surface area contributed by atoms with Crippen molar-refractivity contribution in [3.63, 3.8) is 0 Å². The Bertz CT molecular complexity index is 1360. The number of nitrogens with two attached hydrogens (primary N) is 1. The van der Waals surface area contributed by atoms with Crippen molar-refractivity contribution in [2.45, 2.75) is 88.7 Å². The highest BCUT2D eigenvalue weighted by atomic mass is 32.2. The molecule has 2 aromatic carbocycles. The minimum atomic E-state index is -4.60. The van der Waals surface area contributed by atoms with Crippen LogP contribution in [0.1, 0.15) is 63.5 Å². The maximum Gasteiger partial charge on any atom is 0.286 e. The Morgan fingerprint density at radius 2 is 1.36 bits per heavy atom. The predicted octanol–water partition coefficient (Wildman–Crippen LogP) is 1.30. The lowest BCUT2D eigenvalue weighted by Gasteiger charge is -2.23. The standard InChI is InChI=1S/C31H45N5O8S/c1-3-5-12-25(35-29(39)24(32)18-22-14-16-23(37)17-15-22)30(40)33-20-27(38)34-26(19-21-10-8-7-9-11-21)31(41)36-28(13-6-4-2)45(42,43)44/h7-11,14-17,24-26,28,37H,3-6,12-13,18-20,32H2,1-2H3,(H,33,40)(H,34,38)(H,35,39)(H,36,41)(H,42,43,44)/t24-,25-,26-,28?/m0/s1. The third kappa shape index (κ3) is 13.7. The first-order chi connectivity index (χ1) is 21.3. The molecule has 0 aromatic heterocycles. The quantitative estimate of drug-likeness (QED) is 0.109. The van der Waals surface area contributed by atoms with Gasteiger partial charge >= 0.3 is 0 Å². The zero-order chi connectivity index (χ0) is 33.4. The van der Waals surface area contributed by atoms with Gasteiger partial charge in [-0.15, -0.1) is 0 Å². The molecule has 1 unspecified atom stereocenters. The third-order valence-corrected chi connectivity index (χ3v) is 8.12. The van der Waals surface area contributed by atoms with Crippen molar-refractivity contribution in [3.8, 4) is 5.75 Å². The highest BCUT2D eigenvalue weighted by Crippen LogP contribution is 2.12. The minimum Gasteiger partial charge on any atom is -0.508 e. The van der Waals surface area contributed by atoms with Crippen molar-refractivity contribution >= 4 is 33.7 Å². The molecule has 248 valence electrons. The van der Waals surface area contributed by atoms with Crippen molar-refractivity contribution in [2.24, 2.45) is 5.73 Å². The first-order valence-corrected chi connectivity index (χ1v) is 16.6. The van der Waals surface area contributed by atoms with Gasteiger partial charge in [0.05, 0.1) is 12.6 Å². The van der Waals surface area contributed by atoms with Crippen LogP contribution < -0.4 is 27.0 Å². The number of phenols is 1. The molecule has 2 rings (SSSR count). The third-order valence-electron chi connectivity index (χ3n) is 7.05. The Labute approximate surface area is 264 Å². The molecule has 4 atom stereocenters. The van der Waals surface area contributed by atoms with Crippen LogP contribution >= 0.6 is 0 Å². The summed E-state index contributed by atoms with van der Waals surface area (Å²) in [5.74, 6) is -2.62. The van der Waals surface area contributed by atoms with E-state index in [1.54, 1.807) is 42.5 Å². The molecule has 0 heterocycles. The van der Waals surface area contributed by atoms with E-state index < -0.39 is 63.8 Å². The number of carbonyl (C=O) groups excluding carboxylic acids is 4. The molecule has 4 amide bonds. The van der Waals surface area contributed by atoms with Crippen LogP contribution in [0.15, 0.2) is 54.6 Å². The van der Waals surface area contributed by atoms with Crippen molar-refractivity contribution in [1.82, 2.24) is 21.3 Å². The molecule has 14 heteroatoms. The molecule has 0 fully saturated rings. The first-order valence-electron chi connectivity index (χ1n) is 15.1. The van der Waals surface area contributed by atoms with Crippen LogP contribution in [-0.2, 0) is 42.1 Å². The van der Waals surface area contributed by atoms with Gasteiger partial charge in [-0.3, -0.25) is 23.7 Å². The number of amides is 4. The Kier molecular flexibility index (Phi) is 15.5. The normalized spacial score (nSPS) is 14.0. The molecule has 8 N–H and O–H groups in total. The van der Waals surface area contributed by atoms with Gasteiger partial charge in [-0.1, -0.05) is 82.0 Å². The molecule has 0 aliphatic heterocycles. The summed E-state index contributed by atoms with van der Waals surface area (Å²) in [6.07, 6.45) is 2.93. The maximum absolute atomic E-state index is 13.1. The zero-order valence-corrected chi connectivity index (χ0v) is 26.5. The second-order valence-electron chi connectivity index (χ2n) is 10.9. The molecule has 0 bridgehead atoms. The number of benzene rings is 2. The van der Waals surface area contributed by atoms with E-state index in [1.807, 2.05) is 13.8 Å². The van der Waals surface area contributed by atoms with Crippen LogP contribution in [-0.4, -0.2) is 71.7 Å². The molecular weight excluding hydrogens is 602 g/mol. The molecule has 0 saturated heterocycles. The number of hydrogen-bond acceptors (Lipinski definition) is 8. The van der Waals surface area contributed by atoms with Crippen LogP contribution in [0.25, 0.3) is 0 Å². The second-order valence-corrected chi connectivity index (χ2v) is 12.5. The molecule has 13 nitrogen and oxygen atoms in total. The molecule has 0 radical (unpaired) electrons. The van der Waals surface area contributed by atoms with Gasteiger partial charge in [-0.25, -0.2) is 0 Å². The summed E-state index contributed by atoms with van der Waals surface area (Å²) < 4.78 is 33.4. The fraction of sp³-hybridized carbons (Fsp3) is 0.484. The van der Waals surface area contributed by atoms with Crippen LogP contribution in [0.4, 0.5) is 0 Å². The number of rotatable bonds is 19. The first kappa shape index (κ1) is 37.2. The van der Waals surface area contributed by atoms with Gasteiger partial charge in [0.15, 0.2) is 5.37 Å². The van der Waals surface area contributed by atoms with E-state index >= 15 is 0 Å². The van der Waals surface area contributed by atoms with E-state index in [0.717, 1.165) is 12.0 Å². The summed E-state index contributed by atoms with van der Waals surface area (Å²) in [6.45, 7) is 3.24. The van der Waals surface area contributed by atoms with Gasteiger partial charge < -0.3 is 32.1 Å². The molecule has 0 aliphatic rings. The molecule has 2 aromatic rings. The summed E-state index contributed by atoms with van der Waals surface area (Å²) in [6, 6.07) is 11.8. The minimum absolute atomic E-state index is 0.00734. The van der Waals surface area contributed by atoms with Gasteiger partial charge in [0.1, 0.15) is 17.8 Å². The van der Waals surface area contributed by atoms with Gasteiger partial charge in [-0.2, -0.15) is 8.42 Å². The number of carbonyl (C=O) groups is 4. The zero-order valence-electron chi connectivity index (χ0n) is 25.7. The maximum atomic E-state index is 13.1. The highest BCUT2D eigenvalue weighted by molar-refractivity contribution is 7.86. The topological polar surface area (TPSA) is 217 Å². The van der Waals surface area contributed by atoms with Crippen molar-refractivity contribution < 1.29 is 37.3 Å². The van der Waals surface area contributed by atoms with Gasteiger partial charge in [-0.05, 0) is 42.5 Å². The largest absolute Gasteiger partial charge is 0.508 e. The van der Waals surface area contributed by atoms with E-state index in [1.165, 1.54) is 12.1 Å². The average molecular weight is 648 g/mol. The van der Waals surface area contributed by atoms with E-state index in [2.05, 4.69) is 21.3 Å². The average Bonchev–Trinajstić information content (AvgIpc) is 3.00. The number of nitrogens with one attached hydrogen (secondary N) is 4. The van der Waals surface area contributed by atoms with Gasteiger partial charge in [0.2, 0.25) is 23.6 Å². The molecule has 45 heavy (non-hydrogen) atoms. The Balaban J connectivity index is 2.06. The summed E-state index contributed by atoms with van der Waals surface area (Å²) >= 11 is 0. The highest BCUT2D eigenvalue weighted by Gasteiger charge is 2.30. The van der Waals surface area contributed by atoms with Gasteiger partial charge in [0, 0.05) is 6.42 Å². The fourth-order valence-electron chi connectivity index (χ4n) is 4.47. The summed E-state index contributed by atoms with van der Waals surface area (Å²) in [5.41, 5.74) is 7.47. The summed E-state index contributed by atoms with van der Waals surface area (Å²) in [7, 11) is -4.60. The molecule has 0 saturated carbocycles. The van der Waals surface area contributed by atoms with Crippen LogP contribution in [0, 0.1) is 0 Å². The van der Waals surface area contributed by atoms with Crippen LogP contribution in [0.5, 0.6) is 5.75 Å². The monoisotopic (exact) mass is 647 g/mol. The van der Waals surface area contributed by atoms with E-state index in [9.17, 15) is 37.3 Å². The Morgan fingerprint density at radius 3 is 1.96 bits per heavy atom. The van der Waals surface area contributed by atoms with Crippen molar-refractivity contribution in [3.05, 3.63) is 65.7 Å². The molecule has 0 aliphatic carbocycles. The Hall–Kier alpha value is -4.01. The van der Waals surface area contributed by atoms with E-state index in [0.29, 0.717) is 31.2 Å². The number of hydrogen-bond donors (Lipinski definition) is 7. The number of aromatic hydroxyl groups is 1. The summed E-state index contributed by atoms with van der Waals surface area (Å²) in [4.78, 5) is 51.9. The number of unbranched alkanes of at least 4 members (excludes halogenated alkanes) is 2. The number of phenolic OH excluding ortho intramolecular Hbond substituents is 1. The lowest BCUT2D eigenvalue weighted by atomic mass is 10.0. The lowest BCUT2D eigenvalue weighted by molar-refractivity contribution is -0.132. The molecule has 0 spiro atoms.